The highest BCUT2D eigenvalue weighted by molar-refractivity contribution is 4.97. The fraction of sp³-hybridized carbons (Fsp3) is 1.00. The molecular formula is C10H21NO4. The van der Waals surface area contributed by atoms with Crippen LogP contribution in [0.5, 0.6) is 0 Å². The first-order valence-corrected chi connectivity index (χ1v) is 5.53. The van der Waals surface area contributed by atoms with E-state index in [4.69, 9.17) is 5.11 Å². The van der Waals surface area contributed by atoms with Gasteiger partial charge in [-0.05, 0) is 6.42 Å². The number of unbranched alkanes of at least 4 members (excludes halogenated alkanes) is 1. The summed E-state index contributed by atoms with van der Waals surface area (Å²) < 4.78 is 0. The Bertz CT molecular complexity index is 188. The number of rotatable bonds is 4. The maximum absolute atomic E-state index is 9.69. The molecule has 5 atom stereocenters. The molecule has 0 aromatic rings. The van der Waals surface area contributed by atoms with E-state index in [1.807, 2.05) is 6.92 Å². The molecule has 0 saturated carbocycles. The van der Waals surface area contributed by atoms with Crippen molar-refractivity contribution in [2.24, 2.45) is 0 Å². The Morgan fingerprint density at radius 2 is 1.60 bits per heavy atom. The van der Waals surface area contributed by atoms with Crippen LogP contribution >= 0.6 is 0 Å². The Balaban J connectivity index is 2.57. The van der Waals surface area contributed by atoms with E-state index in [0.717, 1.165) is 19.3 Å². The van der Waals surface area contributed by atoms with Crippen LogP contribution in [0, 0.1) is 0 Å². The van der Waals surface area contributed by atoms with Gasteiger partial charge in [0.15, 0.2) is 0 Å². The molecule has 0 radical (unpaired) electrons. The summed E-state index contributed by atoms with van der Waals surface area (Å²) >= 11 is 0. The first kappa shape index (κ1) is 12.9. The van der Waals surface area contributed by atoms with Gasteiger partial charge in [0.2, 0.25) is 0 Å². The third kappa shape index (κ3) is 2.89. The Kier molecular flexibility index (Phi) is 4.95. The second-order valence-corrected chi connectivity index (χ2v) is 4.18. The van der Waals surface area contributed by atoms with Crippen molar-refractivity contribution < 1.29 is 20.4 Å². The minimum atomic E-state index is -1.18. The van der Waals surface area contributed by atoms with Gasteiger partial charge >= 0.3 is 0 Å². The lowest BCUT2D eigenvalue weighted by atomic mass is 9.88. The number of nitrogens with one attached hydrogen (secondary N) is 1. The molecule has 1 aliphatic rings. The highest BCUT2D eigenvalue weighted by atomic mass is 16.4. The van der Waals surface area contributed by atoms with Gasteiger partial charge in [-0.25, -0.2) is 0 Å². The molecule has 0 bridgehead atoms. The Morgan fingerprint density at radius 3 is 2.13 bits per heavy atom. The summed E-state index contributed by atoms with van der Waals surface area (Å²) in [5.74, 6) is 0. The lowest BCUT2D eigenvalue weighted by Crippen LogP contribution is -2.65. The summed E-state index contributed by atoms with van der Waals surface area (Å²) in [6, 6.07) is -0.800. The van der Waals surface area contributed by atoms with Crippen molar-refractivity contribution >= 4 is 0 Å². The maximum atomic E-state index is 9.69. The quantitative estimate of drug-likeness (QED) is 0.401. The molecule has 0 aromatic carbocycles. The molecule has 1 saturated heterocycles. The summed E-state index contributed by atoms with van der Waals surface area (Å²) in [7, 11) is 0. The first-order valence-electron chi connectivity index (χ1n) is 5.53. The SMILES string of the molecule is CCCC[C@H]1NC(CO)[C@@H](O)[C@H](O)[C@H]1O. The molecule has 1 fully saturated rings. The highest BCUT2D eigenvalue weighted by Gasteiger charge is 2.41. The topological polar surface area (TPSA) is 93.0 Å². The Labute approximate surface area is 89.7 Å². The van der Waals surface area contributed by atoms with E-state index in [1.54, 1.807) is 0 Å². The average molecular weight is 219 g/mol. The molecule has 1 heterocycles. The largest absolute Gasteiger partial charge is 0.395 e. The van der Waals surface area contributed by atoms with Crippen molar-refractivity contribution in [1.29, 1.82) is 0 Å². The third-order valence-corrected chi connectivity index (χ3v) is 3.02. The van der Waals surface area contributed by atoms with E-state index in [2.05, 4.69) is 5.32 Å². The molecule has 0 aliphatic carbocycles. The van der Waals surface area contributed by atoms with Gasteiger partial charge in [0.1, 0.15) is 6.10 Å². The molecule has 0 aromatic heterocycles. The molecule has 0 spiro atoms. The van der Waals surface area contributed by atoms with E-state index in [-0.39, 0.29) is 12.6 Å². The predicted molar refractivity (Wildman–Crippen MR) is 55.3 cm³/mol. The molecule has 1 rings (SSSR count). The van der Waals surface area contributed by atoms with Crippen LogP contribution in [0.15, 0.2) is 0 Å². The molecule has 0 amide bonds. The average Bonchev–Trinajstić information content (AvgIpc) is 2.25. The van der Waals surface area contributed by atoms with Crippen molar-refractivity contribution in [3.05, 3.63) is 0 Å². The van der Waals surface area contributed by atoms with Crippen molar-refractivity contribution in [1.82, 2.24) is 5.32 Å². The smallest absolute Gasteiger partial charge is 0.109 e. The summed E-state index contributed by atoms with van der Waals surface area (Å²) in [6.07, 6.45) is -0.566. The van der Waals surface area contributed by atoms with Gasteiger partial charge in [0.05, 0.1) is 24.9 Å². The van der Waals surface area contributed by atoms with Gasteiger partial charge in [-0.2, -0.15) is 0 Å². The van der Waals surface area contributed by atoms with E-state index < -0.39 is 24.4 Å². The normalized spacial score (nSPS) is 41.8. The Morgan fingerprint density at radius 1 is 1.00 bits per heavy atom. The predicted octanol–water partition coefficient (Wildman–Crippen LogP) is -1.41. The highest BCUT2D eigenvalue weighted by Crippen LogP contribution is 2.18. The van der Waals surface area contributed by atoms with Gasteiger partial charge in [0, 0.05) is 6.04 Å². The van der Waals surface area contributed by atoms with Crippen molar-refractivity contribution in [2.75, 3.05) is 6.61 Å². The zero-order valence-electron chi connectivity index (χ0n) is 9.00. The number of aliphatic hydroxyl groups is 4. The minimum absolute atomic E-state index is 0.242. The third-order valence-electron chi connectivity index (χ3n) is 3.02. The summed E-state index contributed by atoms with van der Waals surface area (Å²) in [5, 5.41) is 40.7. The Hall–Kier alpha value is -0.200. The minimum Gasteiger partial charge on any atom is -0.395 e. The summed E-state index contributed by atoms with van der Waals surface area (Å²) in [5.41, 5.74) is 0. The van der Waals surface area contributed by atoms with E-state index in [9.17, 15) is 15.3 Å². The van der Waals surface area contributed by atoms with Crippen molar-refractivity contribution in [2.45, 2.75) is 56.6 Å². The van der Waals surface area contributed by atoms with Crippen molar-refractivity contribution in [3.63, 3.8) is 0 Å². The summed E-state index contributed by atoms with van der Waals surface area (Å²) in [6.45, 7) is 1.80. The molecule has 5 heteroatoms. The van der Waals surface area contributed by atoms with E-state index in [1.165, 1.54) is 0 Å². The molecular weight excluding hydrogens is 198 g/mol. The monoisotopic (exact) mass is 219 g/mol. The van der Waals surface area contributed by atoms with Crippen LogP contribution in [0.1, 0.15) is 26.2 Å². The van der Waals surface area contributed by atoms with Gasteiger partial charge in [0.25, 0.3) is 0 Å². The zero-order chi connectivity index (χ0) is 11.4. The molecule has 15 heavy (non-hydrogen) atoms. The van der Waals surface area contributed by atoms with Gasteiger partial charge < -0.3 is 25.7 Å². The van der Waals surface area contributed by atoms with Crippen LogP contribution in [0.4, 0.5) is 0 Å². The van der Waals surface area contributed by atoms with Crippen LogP contribution in [-0.2, 0) is 0 Å². The molecule has 1 aliphatic heterocycles. The first-order chi connectivity index (χ1) is 7.11. The fourth-order valence-corrected chi connectivity index (χ4v) is 1.99. The van der Waals surface area contributed by atoms with Crippen LogP contribution in [-0.4, -0.2) is 57.4 Å². The number of piperidine rings is 1. The van der Waals surface area contributed by atoms with Crippen LogP contribution < -0.4 is 5.32 Å². The molecule has 5 N–H and O–H groups in total. The van der Waals surface area contributed by atoms with Crippen LogP contribution in [0.25, 0.3) is 0 Å². The van der Waals surface area contributed by atoms with Crippen LogP contribution in [0.3, 0.4) is 0 Å². The molecule has 90 valence electrons. The number of hydrogen-bond donors (Lipinski definition) is 5. The number of hydrogen-bond acceptors (Lipinski definition) is 5. The lowest BCUT2D eigenvalue weighted by molar-refractivity contribution is -0.120. The van der Waals surface area contributed by atoms with Gasteiger partial charge in [-0.15, -0.1) is 0 Å². The molecule has 5 nitrogen and oxygen atoms in total. The lowest BCUT2D eigenvalue weighted by Gasteiger charge is -2.41. The van der Waals surface area contributed by atoms with Gasteiger partial charge in [-0.3, -0.25) is 0 Å². The fourth-order valence-electron chi connectivity index (χ4n) is 1.99. The van der Waals surface area contributed by atoms with Crippen molar-refractivity contribution in [3.8, 4) is 0 Å². The van der Waals surface area contributed by atoms with Gasteiger partial charge in [-0.1, -0.05) is 19.8 Å². The second-order valence-electron chi connectivity index (χ2n) is 4.18. The number of aliphatic hydroxyl groups excluding tert-OH is 4. The molecule has 1 unspecified atom stereocenters. The van der Waals surface area contributed by atoms with Crippen LogP contribution in [0.2, 0.25) is 0 Å². The zero-order valence-corrected chi connectivity index (χ0v) is 9.00. The van der Waals surface area contributed by atoms with E-state index >= 15 is 0 Å². The van der Waals surface area contributed by atoms with E-state index in [0.29, 0.717) is 0 Å². The summed E-state index contributed by atoms with van der Waals surface area (Å²) in [4.78, 5) is 0. The second kappa shape index (κ2) is 5.77. The standard InChI is InChI=1S/C10H21NO4/c1-2-3-4-6-8(13)10(15)9(14)7(5-12)11-6/h6-15H,2-5H2,1H3/t6-,7?,8+,9-,10-/m1/s1. The maximum Gasteiger partial charge on any atom is 0.109 e.